The molecule has 1 saturated carbocycles. The standard InChI is InChI=1S/C15H22N2O3/c1-11-4-3-5-15(18,9-11)10-16-13-6-12(2)7-14(8-13)17(19)20/h6-8,11,16,18H,3-5,9-10H2,1-2H3. The van der Waals surface area contributed by atoms with Gasteiger partial charge < -0.3 is 10.4 Å². The summed E-state index contributed by atoms with van der Waals surface area (Å²) in [5.41, 5.74) is 0.918. The molecular formula is C15H22N2O3. The van der Waals surface area contributed by atoms with Crippen molar-refractivity contribution < 1.29 is 10.0 Å². The van der Waals surface area contributed by atoms with Crippen LogP contribution < -0.4 is 5.32 Å². The minimum atomic E-state index is -0.698. The highest BCUT2D eigenvalue weighted by Crippen LogP contribution is 2.32. The number of benzene rings is 1. The van der Waals surface area contributed by atoms with Crippen LogP contribution in [0.3, 0.4) is 0 Å². The molecule has 2 unspecified atom stereocenters. The Morgan fingerprint density at radius 1 is 1.50 bits per heavy atom. The van der Waals surface area contributed by atoms with Crippen molar-refractivity contribution in [2.75, 3.05) is 11.9 Å². The van der Waals surface area contributed by atoms with Crippen LogP contribution in [0.2, 0.25) is 0 Å². The summed E-state index contributed by atoms with van der Waals surface area (Å²) in [7, 11) is 0. The van der Waals surface area contributed by atoms with Gasteiger partial charge in [-0.2, -0.15) is 0 Å². The van der Waals surface area contributed by atoms with Crippen molar-refractivity contribution in [2.45, 2.75) is 45.1 Å². The van der Waals surface area contributed by atoms with Gasteiger partial charge in [0.15, 0.2) is 0 Å². The van der Waals surface area contributed by atoms with E-state index in [1.54, 1.807) is 6.07 Å². The first-order valence-corrected chi connectivity index (χ1v) is 7.10. The topological polar surface area (TPSA) is 75.4 Å². The van der Waals surface area contributed by atoms with Crippen molar-refractivity contribution in [3.05, 3.63) is 33.9 Å². The second-order valence-corrected chi connectivity index (χ2v) is 6.09. The van der Waals surface area contributed by atoms with Crippen molar-refractivity contribution in [2.24, 2.45) is 5.92 Å². The summed E-state index contributed by atoms with van der Waals surface area (Å²) < 4.78 is 0. The van der Waals surface area contributed by atoms with Crippen LogP contribution in [-0.2, 0) is 0 Å². The van der Waals surface area contributed by atoms with Crippen LogP contribution in [0.15, 0.2) is 18.2 Å². The second-order valence-electron chi connectivity index (χ2n) is 6.09. The molecule has 0 heterocycles. The third-order valence-electron chi connectivity index (χ3n) is 3.96. The monoisotopic (exact) mass is 278 g/mol. The van der Waals surface area contributed by atoms with Gasteiger partial charge in [-0.05, 0) is 37.3 Å². The average molecular weight is 278 g/mol. The van der Waals surface area contributed by atoms with E-state index in [0.717, 1.165) is 31.2 Å². The summed E-state index contributed by atoms with van der Waals surface area (Å²) in [6.07, 6.45) is 3.78. The van der Waals surface area contributed by atoms with Gasteiger partial charge in [0.25, 0.3) is 5.69 Å². The molecule has 5 heteroatoms. The van der Waals surface area contributed by atoms with E-state index in [9.17, 15) is 15.2 Å². The molecule has 20 heavy (non-hydrogen) atoms. The van der Waals surface area contributed by atoms with Gasteiger partial charge in [0.1, 0.15) is 0 Å². The molecule has 2 rings (SSSR count). The Balaban J connectivity index is 2.05. The summed E-state index contributed by atoms with van der Waals surface area (Å²) in [6, 6.07) is 4.92. The van der Waals surface area contributed by atoms with Crippen LogP contribution >= 0.6 is 0 Å². The Bertz CT molecular complexity index is 504. The Morgan fingerprint density at radius 3 is 2.90 bits per heavy atom. The molecule has 0 aliphatic heterocycles. The maximum atomic E-state index is 10.8. The Labute approximate surface area is 119 Å². The van der Waals surface area contributed by atoms with E-state index in [0.29, 0.717) is 18.2 Å². The summed E-state index contributed by atoms with van der Waals surface area (Å²) in [4.78, 5) is 10.5. The molecule has 2 atom stereocenters. The molecule has 0 amide bonds. The molecule has 0 aromatic heterocycles. The van der Waals surface area contributed by atoms with E-state index in [1.165, 1.54) is 6.07 Å². The van der Waals surface area contributed by atoms with Crippen molar-refractivity contribution in [1.82, 2.24) is 0 Å². The predicted molar refractivity (Wildman–Crippen MR) is 78.9 cm³/mol. The zero-order valence-electron chi connectivity index (χ0n) is 12.1. The van der Waals surface area contributed by atoms with Crippen molar-refractivity contribution in [3.8, 4) is 0 Å². The lowest BCUT2D eigenvalue weighted by Crippen LogP contribution is -2.41. The number of nitrogens with one attached hydrogen (secondary N) is 1. The zero-order valence-corrected chi connectivity index (χ0v) is 12.1. The Kier molecular flexibility index (Phi) is 4.28. The molecule has 0 spiro atoms. The maximum absolute atomic E-state index is 10.8. The van der Waals surface area contributed by atoms with Crippen molar-refractivity contribution >= 4 is 11.4 Å². The molecule has 110 valence electrons. The van der Waals surface area contributed by atoms with Crippen LogP contribution in [0.5, 0.6) is 0 Å². The number of nitro groups is 1. The van der Waals surface area contributed by atoms with Gasteiger partial charge in [-0.1, -0.05) is 19.8 Å². The molecule has 2 N–H and O–H groups in total. The van der Waals surface area contributed by atoms with Gasteiger partial charge in [0.2, 0.25) is 0 Å². The number of hydrogen-bond donors (Lipinski definition) is 2. The number of nitrogens with zero attached hydrogens (tertiary/aromatic N) is 1. The van der Waals surface area contributed by atoms with Crippen LogP contribution in [0, 0.1) is 23.0 Å². The first-order chi connectivity index (χ1) is 9.38. The number of anilines is 1. The fraction of sp³-hybridized carbons (Fsp3) is 0.600. The zero-order chi connectivity index (χ0) is 14.8. The molecule has 0 bridgehead atoms. The lowest BCUT2D eigenvalue weighted by molar-refractivity contribution is -0.384. The van der Waals surface area contributed by atoms with E-state index in [1.807, 2.05) is 13.0 Å². The highest BCUT2D eigenvalue weighted by molar-refractivity contribution is 5.54. The lowest BCUT2D eigenvalue weighted by Gasteiger charge is -2.35. The van der Waals surface area contributed by atoms with E-state index in [2.05, 4.69) is 12.2 Å². The molecule has 1 fully saturated rings. The largest absolute Gasteiger partial charge is 0.388 e. The highest BCUT2D eigenvalue weighted by atomic mass is 16.6. The third kappa shape index (κ3) is 3.70. The van der Waals surface area contributed by atoms with Gasteiger partial charge in [-0.3, -0.25) is 10.1 Å². The highest BCUT2D eigenvalue weighted by Gasteiger charge is 2.32. The smallest absolute Gasteiger partial charge is 0.271 e. The number of hydrogen-bond acceptors (Lipinski definition) is 4. The predicted octanol–water partition coefficient (Wildman–Crippen LogP) is 3.26. The molecule has 0 radical (unpaired) electrons. The molecule has 1 aromatic carbocycles. The van der Waals surface area contributed by atoms with Crippen molar-refractivity contribution in [3.63, 3.8) is 0 Å². The van der Waals surface area contributed by atoms with Crippen LogP contribution in [0.25, 0.3) is 0 Å². The third-order valence-corrected chi connectivity index (χ3v) is 3.96. The number of aliphatic hydroxyl groups is 1. The Hall–Kier alpha value is -1.62. The second kappa shape index (κ2) is 5.79. The normalized spacial score (nSPS) is 26.2. The summed E-state index contributed by atoms with van der Waals surface area (Å²) >= 11 is 0. The minimum Gasteiger partial charge on any atom is -0.388 e. The molecule has 5 nitrogen and oxygen atoms in total. The minimum absolute atomic E-state index is 0.0801. The fourth-order valence-corrected chi connectivity index (χ4v) is 3.03. The average Bonchev–Trinajstić information content (AvgIpc) is 2.35. The molecule has 1 aliphatic carbocycles. The first kappa shape index (κ1) is 14.8. The van der Waals surface area contributed by atoms with Crippen LogP contribution in [-0.4, -0.2) is 22.2 Å². The van der Waals surface area contributed by atoms with E-state index < -0.39 is 10.5 Å². The molecule has 0 saturated heterocycles. The Morgan fingerprint density at radius 2 is 2.25 bits per heavy atom. The molecule has 1 aromatic rings. The van der Waals surface area contributed by atoms with Gasteiger partial charge in [-0.15, -0.1) is 0 Å². The molecule has 1 aliphatic rings. The number of rotatable bonds is 4. The first-order valence-electron chi connectivity index (χ1n) is 7.10. The van der Waals surface area contributed by atoms with E-state index in [-0.39, 0.29) is 5.69 Å². The number of non-ortho nitro benzene ring substituents is 1. The van der Waals surface area contributed by atoms with Gasteiger partial charge in [0.05, 0.1) is 10.5 Å². The van der Waals surface area contributed by atoms with Crippen LogP contribution in [0.4, 0.5) is 11.4 Å². The van der Waals surface area contributed by atoms with Gasteiger partial charge in [-0.25, -0.2) is 0 Å². The van der Waals surface area contributed by atoms with E-state index >= 15 is 0 Å². The van der Waals surface area contributed by atoms with Gasteiger partial charge >= 0.3 is 0 Å². The lowest BCUT2D eigenvalue weighted by atomic mass is 9.79. The SMILES string of the molecule is Cc1cc(NCC2(O)CCCC(C)C2)cc([N+](=O)[O-])c1. The number of nitro benzene ring substituents is 1. The quantitative estimate of drug-likeness (QED) is 0.654. The van der Waals surface area contributed by atoms with E-state index in [4.69, 9.17) is 0 Å². The number of aryl methyl sites for hydroxylation is 1. The summed E-state index contributed by atoms with van der Waals surface area (Å²) in [5, 5.41) is 24.6. The van der Waals surface area contributed by atoms with Crippen molar-refractivity contribution in [1.29, 1.82) is 0 Å². The fourth-order valence-electron chi connectivity index (χ4n) is 3.03. The summed E-state index contributed by atoms with van der Waals surface area (Å²) in [5.74, 6) is 0.530. The molecular weight excluding hydrogens is 256 g/mol. The van der Waals surface area contributed by atoms with Crippen LogP contribution in [0.1, 0.15) is 38.2 Å². The maximum Gasteiger partial charge on any atom is 0.271 e. The summed E-state index contributed by atoms with van der Waals surface area (Å²) in [6.45, 7) is 4.43. The van der Waals surface area contributed by atoms with Gasteiger partial charge in [0, 0.05) is 24.4 Å².